The molecule has 7 nitrogen and oxygen atoms in total. The van der Waals surface area contributed by atoms with Gasteiger partial charge in [-0.2, -0.15) is 0 Å². The zero-order chi connectivity index (χ0) is 19.2. The van der Waals surface area contributed by atoms with Crippen molar-refractivity contribution in [1.82, 2.24) is 9.88 Å². The molecule has 0 radical (unpaired) electrons. The number of aromatic nitrogens is 1. The number of primary amides is 1. The third kappa shape index (κ3) is 6.63. The predicted octanol–water partition coefficient (Wildman–Crippen LogP) is 2.73. The Morgan fingerprint density at radius 2 is 2.00 bits per heavy atom. The van der Waals surface area contributed by atoms with Crippen LogP contribution in [0.5, 0.6) is 0 Å². The number of carbonyl (C=O) groups is 2. The molecule has 1 aliphatic heterocycles. The van der Waals surface area contributed by atoms with E-state index in [-0.39, 0.29) is 11.8 Å². The summed E-state index contributed by atoms with van der Waals surface area (Å²) in [6.07, 6.45) is 4.21. The summed E-state index contributed by atoms with van der Waals surface area (Å²) in [7, 11) is 0. The Balaban J connectivity index is 1.65. The molecule has 1 aromatic heterocycles. The van der Waals surface area contributed by atoms with E-state index in [0.29, 0.717) is 19.1 Å². The van der Waals surface area contributed by atoms with Gasteiger partial charge in [0.2, 0.25) is 0 Å². The van der Waals surface area contributed by atoms with Gasteiger partial charge >= 0.3 is 6.09 Å². The molecule has 0 atom stereocenters. The molecule has 2 rings (SSSR count). The van der Waals surface area contributed by atoms with Gasteiger partial charge in [-0.3, -0.25) is 9.78 Å². The summed E-state index contributed by atoms with van der Waals surface area (Å²) >= 11 is 0. The minimum absolute atomic E-state index is 0.227. The van der Waals surface area contributed by atoms with E-state index in [4.69, 9.17) is 15.2 Å². The zero-order valence-corrected chi connectivity index (χ0v) is 15.9. The molecule has 1 fully saturated rings. The number of nitrogens with two attached hydrogens (primary N) is 1. The van der Waals surface area contributed by atoms with Gasteiger partial charge in [-0.1, -0.05) is 0 Å². The van der Waals surface area contributed by atoms with Crippen molar-refractivity contribution < 1.29 is 19.1 Å². The van der Waals surface area contributed by atoms with Gasteiger partial charge < -0.3 is 20.1 Å². The number of nitrogens with zero attached hydrogens (tertiary/aromatic N) is 2. The van der Waals surface area contributed by atoms with Gasteiger partial charge in [0.1, 0.15) is 11.3 Å². The van der Waals surface area contributed by atoms with Gasteiger partial charge in [0.15, 0.2) is 0 Å². The SMILES string of the molecule is CC(C)(C)OC(=O)N1CCC(CCOCc2ccnc(C(N)=O)c2)CC1. The second-order valence-corrected chi connectivity index (χ2v) is 7.67. The topological polar surface area (TPSA) is 94.8 Å². The summed E-state index contributed by atoms with van der Waals surface area (Å²) in [5, 5.41) is 0. The maximum atomic E-state index is 12.1. The highest BCUT2D eigenvalue weighted by atomic mass is 16.6. The van der Waals surface area contributed by atoms with Crippen LogP contribution in [0.4, 0.5) is 4.79 Å². The van der Waals surface area contributed by atoms with Crippen molar-refractivity contribution in [1.29, 1.82) is 0 Å². The monoisotopic (exact) mass is 363 g/mol. The van der Waals surface area contributed by atoms with Crippen molar-refractivity contribution in [2.75, 3.05) is 19.7 Å². The first-order valence-corrected chi connectivity index (χ1v) is 9.05. The van der Waals surface area contributed by atoms with Gasteiger partial charge in [0.05, 0.1) is 6.61 Å². The third-order valence-electron chi connectivity index (χ3n) is 4.28. The smallest absolute Gasteiger partial charge is 0.410 e. The fraction of sp³-hybridized carbons (Fsp3) is 0.632. The number of carbonyl (C=O) groups excluding carboxylic acids is 2. The molecule has 0 unspecified atom stereocenters. The lowest BCUT2D eigenvalue weighted by Crippen LogP contribution is -2.41. The summed E-state index contributed by atoms with van der Waals surface area (Å²) in [5.41, 5.74) is 5.90. The largest absolute Gasteiger partial charge is 0.444 e. The minimum Gasteiger partial charge on any atom is -0.444 e. The molecule has 0 aromatic carbocycles. The van der Waals surface area contributed by atoms with E-state index < -0.39 is 11.5 Å². The number of amides is 2. The maximum absolute atomic E-state index is 12.1. The van der Waals surface area contributed by atoms with E-state index >= 15 is 0 Å². The second-order valence-electron chi connectivity index (χ2n) is 7.67. The van der Waals surface area contributed by atoms with E-state index in [1.807, 2.05) is 26.8 Å². The molecule has 1 saturated heterocycles. The van der Waals surface area contributed by atoms with E-state index in [1.165, 1.54) is 0 Å². The van der Waals surface area contributed by atoms with Crippen LogP contribution in [-0.2, 0) is 16.1 Å². The summed E-state index contributed by atoms with van der Waals surface area (Å²) in [6, 6.07) is 3.47. The highest BCUT2D eigenvalue weighted by Gasteiger charge is 2.26. The lowest BCUT2D eigenvalue weighted by molar-refractivity contribution is 0.0164. The van der Waals surface area contributed by atoms with Gasteiger partial charge in [-0.25, -0.2) is 4.79 Å². The van der Waals surface area contributed by atoms with Crippen LogP contribution in [0, 0.1) is 5.92 Å². The predicted molar refractivity (Wildman–Crippen MR) is 97.6 cm³/mol. The van der Waals surface area contributed by atoms with Crippen LogP contribution in [0.3, 0.4) is 0 Å². The number of pyridine rings is 1. The highest BCUT2D eigenvalue weighted by molar-refractivity contribution is 5.90. The highest BCUT2D eigenvalue weighted by Crippen LogP contribution is 2.22. The Morgan fingerprint density at radius 1 is 1.31 bits per heavy atom. The molecule has 0 aliphatic carbocycles. The minimum atomic E-state index is -0.538. The summed E-state index contributed by atoms with van der Waals surface area (Å²) in [4.78, 5) is 28.9. The van der Waals surface area contributed by atoms with Crippen molar-refractivity contribution in [3.8, 4) is 0 Å². The third-order valence-corrected chi connectivity index (χ3v) is 4.28. The number of ether oxygens (including phenoxy) is 2. The van der Waals surface area contributed by atoms with Crippen LogP contribution >= 0.6 is 0 Å². The number of hydrogen-bond donors (Lipinski definition) is 1. The van der Waals surface area contributed by atoms with Gasteiger partial charge in [0, 0.05) is 25.9 Å². The number of rotatable bonds is 6. The number of hydrogen-bond acceptors (Lipinski definition) is 5. The van der Waals surface area contributed by atoms with Crippen molar-refractivity contribution >= 4 is 12.0 Å². The van der Waals surface area contributed by atoms with E-state index in [2.05, 4.69) is 4.98 Å². The van der Waals surface area contributed by atoms with Crippen LogP contribution in [0.15, 0.2) is 18.3 Å². The molecule has 144 valence electrons. The first kappa shape index (κ1) is 20.2. The second kappa shape index (κ2) is 8.98. The molecule has 2 amide bonds. The molecule has 1 aromatic rings. The quantitative estimate of drug-likeness (QED) is 0.784. The van der Waals surface area contributed by atoms with E-state index in [0.717, 1.165) is 37.9 Å². The average Bonchev–Trinajstić information content (AvgIpc) is 2.58. The van der Waals surface area contributed by atoms with Gasteiger partial charge in [0.25, 0.3) is 5.91 Å². The van der Waals surface area contributed by atoms with Crippen LogP contribution in [-0.4, -0.2) is 47.2 Å². The fourth-order valence-electron chi connectivity index (χ4n) is 2.87. The lowest BCUT2D eigenvalue weighted by Gasteiger charge is -2.33. The van der Waals surface area contributed by atoms with Gasteiger partial charge in [-0.05, 0) is 63.6 Å². The Bertz CT molecular complexity index is 619. The molecule has 0 saturated carbocycles. The van der Waals surface area contributed by atoms with Crippen molar-refractivity contribution in [2.24, 2.45) is 11.7 Å². The number of piperidine rings is 1. The summed E-state index contributed by atoms with van der Waals surface area (Å²) in [6.45, 7) is 8.17. The first-order valence-electron chi connectivity index (χ1n) is 9.05. The van der Waals surface area contributed by atoms with E-state index in [9.17, 15) is 9.59 Å². The van der Waals surface area contributed by atoms with E-state index in [1.54, 1.807) is 17.2 Å². The molecule has 0 bridgehead atoms. The Labute approximate surface area is 154 Å². The molecule has 2 heterocycles. The number of likely N-dealkylation sites (tertiary alicyclic amines) is 1. The average molecular weight is 363 g/mol. The maximum Gasteiger partial charge on any atom is 0.410 e. The fourth-order valence-corrected chi connectivity index (χ4v) is 2.87. The van der Waals surface area contributed by atoms with Gasteiger partial charge in [-0.15, -0.1) is 0 Å². The Hall–Kier alpha value is -2.15. The van der Waals surface area contributed by atoms with Crippen molar-refractivity contribution in [3.63, 3.8) is 0 Å². The molecule has 2 N–H and O–H groups in total. The lowest BCUT2D eigenvalue weighted by atomic mass is 9.94. The Morgan fingerprint density at radius 3 is 2.62 bits per heavy atom. The standard InChI is InChI=1S/C19H29N3O4/c1-19(2,3)26-18(24)22-9-5-14(6-10-22)7-11-25-13-15-4-8-21-16(12-15)17(20)23/h4,8,12,14H,5-7,9-11,13H2,1-3H3,(H2,20,23). The van der Waals surface area contributed by atoms with Crippen LogP contribution in [0.25, 0.3) is 0 Å². The molecular formula is C19H29N3O4. The zero-order valence-electron chi connectivity index (χ0n) is 15.9. The summed E-state index contributed by atoms with van der Waals surface area (Å²) in [5.74, 6) is 0.0101. The molecule has 26 heavy (non-hydrogen) atoms. The van der Waals surface area contributed by atoms with Crippen molar-refractivity contribution in [3.05, 3.63) is 29.6 Å². The molecular weight excluding hydrogens is 334 g/mol. The molecule has 0 spiro atoms. The summed E-state index contributed by atoms with van der Waals surface area (Å²) < 4.78 is 11.1. The van der Waals surface area contributed by atoms with Crippen molar-refractivity contribution in [2.45, 2.75) is 52.2 Å². The van der Waals surface area contributed by atoms with Crippen LogP contribution in [0.2, 0.25) is 0 Å². The molecule has 7 heteroatoms. The first-order chi connectivity index (χ1) is 12.2. The van der Waals surface area contributed by atoms with Crippen LogP contribution in [0.1, 0.15) is 56.1 Å². The Kier molecular flexibility index (Phi) is 6.97. The normalized spacial score (nSPS) is 15.7. The molecule has 1 aliphatic rings. The van der Waals surface area contributed by atoms with Crippen LogP contribution < -0.4 is 5.73 Å².